The van der Waals surface area contributed by atoms with E-state index in [0.29, 0.717) is 41.7 Å². The van der Waals surface area contributed by atoms with E-state index in [-0.39, 0.29) is 57.4 Å². The molecule has 21 heteroatoms. The van der Waals surface area contributed by atoms with Crippen LogP contribution in [0.2, 0.25) is 0 Å². The highest BCUT2D eigenvalue weighted by Crippen LogP contribution is 2.52. The second kappa shape index (κ2) is 17.1. The van der Waals surface area contributed by atoms with Crippen molar-refractivity contribution >= 4 is 44.9 Å². The largest absolute Gasteiger partial charge is 0.497 e. The molecule has 1 saturated heterocycles. The van der Waals surface area contributed by atoms with Crippen LogP contribution in [0, 0.1) is 23.2 Å². The number of aryl methyl sites for hydroxylation is 1. The van der Waals surface area contributed by atoms with E-state index in [1.165, 1.54) is 7.11 Å². The number of nitrogens with zero attached hydrogens (tertiary/aromatic N) is 3. The summed E-state index contributed by atoms with van der Waals surface area (Å²) < 4.78 is 119. The smallest absolute Gasteiger partial charge is 0.428 e. The maximum absolute atomic E-state index is 15.1. The Morgan fingerprint density at radius 2 is 1.75 bits per heavy atom. The summed E-state index contributed by atoms with van der Waals surface area (Å²) in [6.45, 7) is 5.99. The molecule has 3 saturated carbocycles. The highest BCUT2D eigenvalue weighted by Gasteiger charge is 2.68. The Hall–Kier alpha value is -4.56. The normalized spacial score (nSPS) is 30.9. The minimum Gasteiger partial charge on any atom is -0.497 e. The zero-order valence-electron chi connectivity index (χ0n) is 35.9. The molecule has 8 atom stereocenters. The van der Waals surface area contributed by atoms with Gasteiger partial charge in [-0.25, -0.2) is 32.0 Å². The molecule has 63 heavy (non-hydrogen) atoms. The molecule has 1 aromatic carbocycles. The molecule has 7 rings (SSSR count). The van der Waals surface area contributed by atoms with Gasteiger partial charge in [0.1, 0.15) is 35.2 Å². The summed E-state index contributed by atoms with van der Waals surface area (Å²) in [5.41, 5.74) is -5.08. The van der Waals surface area contributed by atoms with Crippen molar-refractivity contribution in [3.63, 3.8) is 0 Å². The van der Waals surface area contributed by atoms with E-state index in [9.17, 15) is 36.4 Å². The fourth-order valence-corrected chi connectivity index (χ4v) is 11.0. The number of benzene rings is 1. The molecule has 2 aliphatic heterocycles. The van der Waals surface area contributed by atoms with E-state index in [1.807, 2.05) is 4.72 Å². The summed E-state index contributed by atoms with van der Waals surface area (Å²) >= 11 is 0. The van der Waals surface area contributed by atoms with Gasteiger partial charge in [-0.2, -0.15) is 13.2 Å². The van der Waals surface area contributed by atoms with Crippen molar-refractivity contribution in [3.8, 4) is 11.6 Å². The van der Waals surface area contributed by atoms with Crippen LogP contribution in [0.15, 0.2) is 18.2 Å². The molecule has 0 unspecified atom stereocenters. The molecule has 3 aliphatic carbocycles. The van der Waals surface area contributed by atoms with E-state index in [2.05, 4.69) is 10.6 Å². The number of carbonyl (C=O) groups is 4. The molecule has 348 valence electrons. The number of ether oxygens (including phenoxy) is 3. The highest BCUT2D eigenvalue weighted by molar-refractivity contribution is 7.91. The minimum atomic E-state index is -4.94. The van der Waals surface area contributed by atoms with E-state index in [0.717, 1.165) is 4.90 Å². The minimum absolute atomic E-state index is 0.0656. The lowest BCUT2D eigenvalue weighted by Crippen LogP contribution is -2.62. The van der Waals surface area contributed by atoms with Gasteiger partial charge >= 0.3 is 12.3 Å². The van der Waals surface area contributed by atoms with Gasteiger partial charge in [-0.15, -0.1) is 0 Å². The number of alkyl carbamates (subject to hydrolysis) is 1. The number of amides is 4. The van der Waals surface area contributed by atoms with Crippen molar-refractivity contribution in [3.05, 3.63) is 23.9 Å². The Labute approximate surface area is 362 Å². The molecule has 0 spiro atoms. The summed E-state index contributed by atoms with van der Waals surface area (Å²) in [7, 11) is -2.75. The zero-order valence-corrected chi connectivity index (χ0v) is 36.7. The van der Waals surface area contributed by atoms with E-state index < -0.39 is 117 Å². The molecular formula is C42H55F5N6O9S. The molecule has 3 N–H and O–H groups in total. The molecule has 4 fully saturated rings. The standard InChI is InChI=1S/C42H55F5N6O9S/c1-6-25-30-21-53(31(25)34(54)51-40(20-26(40)33(43)44)37(56)52-63(58,59)24-15-16-24)36(55)32(39(2,3)4)50-38(57)62-41(42(45,46)47)18-10-12-22(41)11-8-7-9-13-28-35(61-30)49-29-19-23(60-5)14-17-27(29)48-28/h14,17,19,22,24-26,30-33H,6-13,15-16,18,20-21H2,1-5H3,(H,50,57)(H,51,54)(H,52,56)/t22-,25-,26+,30+,31+,32-,40-,41-/m1/s1. The van der Waals surface area contributed by atoms with Crippen molar-refractivity contribution in [2.24, 2.45) is 23.2 Å². The van der Waals surface area contributed by atoms with Crippen molar-refractivity contribution in [1.29, 1.82) is 0 Å². The Morgan fingerprint density at radius 1 is 1.03 bits per heavy atom. The number of sulfonamides is 1. The summed E-state index contributed by atoms with van der Waals surface area (Å²) in [6, 6.07) is 1.86. The van der Waals surface area contributed by atoms with Gasteiger partial charge < -0.3 is 29.7 Å². The van der Waals surface area contributed by atoms with E-state index in [1.54, 1.807) is 45.9 Å². The number of alkyl halides is 5. The maximum atomic E-state index is 15.1. The number of halogens is 5. The fourth-order valence-electron chi connectivity index (χ4n) is 9.64. The Bertz CT molecular complexity index is 2220. The number of carbonyl (C=O) groups excluding carboxylic acids is 4. The summed E-state index contributed by atoms with van der Waals surface area (Å²) in [6.07, 6.45) is -8.95. The summed E-state index contributed by atoms with van der Waals surface area (Å²) in [5, 5.41) is 3.92. The van der Waals surface area contributed by atoms with Crippen molar-refractivity contribution in [2.45, 2.75) is 152 Å². The average Bonchev–Trinajstić information content (AvgIpc) is 4.11. The van der Waals surface area contributed by atoms with Gasteiger partial charge in [0.05, 0.1) is 35.9 Å². The van der Waals surface area contributed by atoms with Gasteiger partial charge in [0, 0.05) is 17.9 Å². The van der Waals surface area contributed by atoms with Gasteiger partial charge in [0.25, 0.3) is 5.91 Å². The number of aromatic nitrogens is 2. The van der Waals surface area contributed by atoms with Gasteiger partial charge in [0.15, 0.2) is 0 Å². The number of hydrogen-bond acceptors (Lipinski definition) is 11. The van der Waals surface area contributed by atoms with Gasteiger partial charge in [-0.05, 0) is 81.8 Å². The SMILES string of the molecule is CC[C@@H]1[C@@H]2CN(C(=O)[C@H](C(C)(C)C)NC(=O)O[C@]3(C(F)(F)F)CCC[C@H]3CCCCCc3nc4ccc(OC)cc4nc3O2)[C@@H]1C(=O)N[C@]1(C(=O)NS(=O)(=O)C2CC2)C[C@H]1C(F)F. The summed E-state index contributed by atoms with van der Waals surface area (Å²) in [4.78, 5) is 67.8. The monoisotopic (exact) mass is 914 g/mol. The molecule has 2 aromatic rings. The number of nitrogens with one attached hydrogen (secondary N) is 3. The number of methoxy groups -OCH3 is 1. The van der Waals surface area contributed by atoms with E-state index >= 15 is 13.2 Å². The molecule has 3 heterocycles. The zero-order chi connectivity index (χ0) is 45.9. The Morgan fingerprint density at radius 3 is 2.37 bits per heavy atom. The quantitative estimate of drug-likeness (QED) is 0.274. The van der Waals surface area contributed by atoms with Crippen LogP contribution in [0.25, 0.3) is 11.0 Å². The predicted molar refractivity (Wildman–Crippen MR) is 216 cm³/mol. The van der Waals surface area contributed by atoms with Crippen LogP contribution >= 0.6 is 0 Å². The van der Waals surface area contributed by atoms with Crippen molar-refractivity contribution < 1.29 is 63.8 Å². The average molecular weight is 915 g/mol. The van der Waals surface area contributed by atoms with Crippen LogP contribution in [0.4, 0.5) is 26.7 Å². The number of fused-ring (bicyclic) bond motifs is 5. The molecule has 2 bridgehead atoms. The molecule has 0 radical (unpaired) electrons. The highest BCUT2D eigenvalue weighted by atomic mass is 32.2. The maximum Gasteiger partial charge on any atom is 0.428 e. The Kier molecular flexibility index (Phi) is 12.6. The third kappa shape index (κ3) is 9.08. The fraction of sp³-hybridized carbons (Fsp3) is 0.714. The van der Waals surface area contributed by atoms with Gasteiger partial charge in [0.2, 0.25) is 39.7 Å². The first-order valence-corrected chi connectivity index (χ1v) is 23.1. The van der Waals surface area contributed by atoms with Crippen LogP contribution in [0.1, 0.15) is 104 Å². The Balaban J connectivity index is 1.31. The molecule has 15 nitrogen and oxygen atoms in total. The topological polar surface area (TPSA) is 195 Å². The number of hydrogen-bond donors (Lipinski definition) is 3. The lowest BCUT2D eigenvalue weighted by atomic mass is 9.85. The molecule has 4 amide bonds. The third-order valence-corrected chi connectivity index (χ3v) is 15.2. The van der Waals surface area contributed by atoms with Crippen LogP contribution in [-0.2, 0) is 35.6 Å². The number of rotatable bonds is 8. The van der Waals surface area contributed by atoms with Crippen molar-refractivity contribution in [2.75, 3.05) is 13.7 Å². The first kappa shape index (κ1) is 46.4. The van der Waals surface area contributed by atoms with Crippen LogP contribution < -0.4 is 24.8 Å². The van der Waals surface area contributed by atoms with Crippen molar-refractivity contribution in [1.82, 2.24) is 30.2 Å². The first-order chi connectivity index (χ1) is 29.5. The molecule has 1 aromatic heterocycles. The second-order valence-electron chi connectivity index (χ2n) is 18.7. The third-order valence-electron chi connectivity index (χ3n) is 13.4. The first-order valence-electron chi connectivity index (χ1n) is 21.6. The summed E-state index contributed by atoms with van der Waals surface area (Å²) in [5.74, 6) is -6.56. The van der Waals surface area contributed by atoms with Crippen LogP contribution in [-0.4, -0.2) is 108 Å². The lowest BCUT2D eigenvalue weighted by Gasteiger charge is -2.39. The molecule has 5 aliphatic rings. The van der Waals surface area contributed by atoms with Crippen LogP contribution in [0.5, 0.6) is 11.6 Å². The van der Waals surface area contributed by atoms with Crippen LogP contribution in [0.3, 0.4) is 0 Å². The predicted octanol–water partition coefficient (Wildman–Crippen LogP) is 5.73. The lowest BCUT2D eigenvalue weighted by molar-refractivity contribution is -0.271. The van der Waals surface area contributed by atoms with Gasteiger partial charge in [-0.1, -0.05) is 40.5 Å². The van der Waals surface area contributed by atoms with E-state index in [4.69, 9.17) is 24.2 Å². The molecular weight excluding hydrogens is 860 g/mol. The van der Waals surface area contributed by atoms with Gasteiger partial charge in [-0.3, -0.25) is 19.1 Å². The second-order valence-corrected chi connectivity index (χ2v) is 20.6.